The van der Waals surface area contributed by atoms with Crippen LogP contribution in [0, 0.1) is 0 Å². The Morgan fingerprint density at radius 1 is 1.38 bits per heavy atom. The van der Waals surface area contributed by atoms with Gasteiger partial charge in [0.15, 0.2) is 0 Å². The highest BCUT2D eigenvalue weighted by Gasteiger charge is 2.03. The molecular formula is C10H12N2O. The Morgan fingerprint density at radius 2 is 2.23 bits per heavy atom. The highest BCUT2D eigenvalue weighted by atomic mass is 16.6. The minimum absolute atomic E-state index is 0.454. The van der Waals surface area contributed by atoms with Crippen molar-refractivity contribution in [2.45, 2.75) is 6.61 Å². The molecule has 0 saturated carbocycles. The van der Waals surface area contributed by atoms with Crippen LogP contribution in [0.4, 0.5) is 0 Å². The molecule has 0 radical (unpaired) electrons. The predicted octanol–water partition coefficient (Wildman–Crippen LogP) is 1.57. The fraction of sp³-hybridized carbons (Fsp3) is 0.200. The number of fused-ring (bicyclic) bond motifs is 1. The molecule has 0 unspecified atom stereocenters. The fourth-order valence-electron chi connectivity index (χ4n) is 1.65. The van der Waals surface area contributed by atoms with Gasteiger partial charge in [-0.1, -0.05) is 18.2 Å². The van der Waals surface area contributed by atoms with Crippen LogP contribution in [0.15, 0.2) is 30.5 Å². The zero-order valence-corrected chi connectivity index (χ0v) is 7.53. The SMILES string of the molecule is Cn1ccc2cccc(CON)c21. The van der Waals surface area contributed by atoms with Crippen molar-refractivity contribution in [2.24, 2.45) is 12.9 Å². The summed E-state index contributed by atoms with van der Waals surface area (Å²) in [7, 11) is 2.02. The molecule has 13 heavy (non-hydrogen) atoms. The van der Waals surface area contributed by atoms with Crippen LogP contribution < -0.4 is 5.90 Å². The van der Waals surface area contributed by atoms with E-state index >= 15 is 0 Å². The molecule has 2 N–H and O–H groups in total. The minimum Gasteiger partial charge on any atom is -0.350 e. The number of nitrogens with zero attached hydrogens (tertiary/aromatic N) is 1. The van der Waals surface area contributed by atoms with Gasteiger partial charge in [0.05, 0.1) is 12.1 Å². The second-order valence-electron chi connectivity index (χ2n) is 3.09. The zero-order valence-electron chi connectivity index (χ0n) is 7.53. The maximum Gasteiger partial charge on any atom is 0.0950 e. The van der Waals surface area contributed by atoms with E-state index in [1.54, 1.807) is 0 Å². The van der Waals surface area contributed by atoms with E-state index in [1.165, 1.54) is 10.9 Å². The first-order valence-corrected chi connectivity index (χ1v) is 4.17. The van der Waals surface area contributed by atoms with Crippen molar-refractivity contribution in [2.75, 3.05) is 0 Å². The summed E-state index contributed by atoms with van der Waals surface area (Å²) in [4.78, 5) is 4.65. The van der Waals surface area contributed by atoms with Crippen molar-refractivity contribution in [3.8, 4) is 0 Å². The summed E-state index contributed by atoms with van der Waals surface area (Å²) in [5, 5.41) is 1.22. The summed E-state index contributed by atoms with van der Waals surface area (Å²) < 4.78 is 2.07. The van der Waals surface area contributed by atoms with E-state index in [2.05, 4.69) is 21.5 Å². The van der Waals surface area contributed by atoms with Crippen LogP contribution in [0.25, 0.3) is 10.9 Å². The van der Waals surface area contributed by atoms with Gasteiger partial charge < -0.3 is 4.57 Å². The van der Waals surface area contributed by atoms with Gasteiger partial charge in [0.1, 0.15) is 0 Å². The van der Waals surface area contributed by atoms with Gasteiger partial charge in [-0.25, -0.2) is 5.90 Å². The van der Waals surface area contributed by atoms with E-state index in [-0.39, 0.29) is 0 Å². The highest BCUT2D eigenvalue weighted by Crippen LogP contribution is 2.19. The average Bonchev–Trinajstić information content (AvgIpc) is 2.50. The third kappa shape index (κ3) is 1.32. The van der Waals surface area contributed by atoms with Gasteiger partial charge in [-0.05, 0) is 11.5 Å². The molecule has 0 amide bonds. The molecule has 0 saturated heterocycles. The number of nitrogens with two attached hydrogens (primary N) is 1. The quantitative estimate of drug-likeness (QED) is 0.705. The molecule has 68 valence electrons. The summed E-state index contributed by atoms with van der Waals surface area (Å²) in [6.45, 7) is 0.454. The Hall–Kier alpha value is -1.32. The molecule has 0 spiro atoms. The zero-order chi connectivity index (χ0) is 9.26. The number of benzene rings is 1. The lowest BCUT2D eigenvalue weighted by Crippen LogP contribution is -2.00. The van der Waals surface area contributed by atoms with Crippen LogP contribution >= 0.6 is 0 Å². The van der Waals surface area contributed by atoms with Crippen LogP contribution in [0.3, 0.4) is 0 Å². The second kappa shape index (κ2) is 3.20. The maximum absolute atomic E-state index is 5.06. The van der Waals surface area contributed by atoms with Crippen molar-refractivity contribution < 1.29 is 4.84 Å². The second-order valence-corrected chi connectivity index (χ2v) is 3.09. The Bertz CT molecular complexity index is 420. The Balaban J connectivity index is 2.65. The van der Waals surface area contributed by atoms with E-state index < -0.39 is 0 Å². The van der Waals surface area contributed by atoms with E-state index in [9.17, 15) is 0 Å². The molecule has 0 aliphatic rings. The van der Waals surface area contributed by atoms with Gasteiger partial charge in [0, 0.05) is 18.8 Å². The molecule has 1 aromatic carbocycles. The van der Waals surface area contributed by atoms with Crippen LogP contribution in [0.5, 0.6) is 0 Å². The average molecular weight is 176 g/mol. The fourth-order valence-corrected chi connectivity index (χ4v) is 1.65. The van der Waals surface area contributed by atoms with Crippen LogP contribution in [-0.2, 0) is 18.5 Å². The maximum atomic E-state index is 5.06. The lowest BCUT2D eigenvalue weighted by Gasteiger charge is -2.03. The Kier molecular flexibility index (Phi) is 2.04. The van der Waals surface area contributed by atoms with Gasteiger partial charge in [-0.3, -0.25) is 4.84 Å². The highest BCUT2D eigenvalue weighted by molar-refractivity contribution is 5.83. The molecule has 1 aromatic heterocycles. The Morgan fingerprint density at radius 3 is 3.00 bits per heavy atom. The number of hydrogen-bond donors (Lipinski definition) is 1. The summed E-state index contributed by atoms with van der Waals surface area (Å²) >= 11 is 0. The van der Waals surface area contributed by atoms with Crippen LogP contribution in [0.1, 0.15) is 5.56 Å². The molecule has 0 atom stereocenters. The normalized spacial score (nSPS) is 10.9. The van der Waals surface area contributed by atoms with Gasteiger partial charge >= 0.3 is 0 Å². The van der Waals surface area contributed by atoms with E-state index in [0.717, 1.165) is 5.56 Å². The number of para-hydroxylation sites is 1. The van der Waals surface area contributed by atoms with E-state index in [1.807, 2.05) is 25.4 Å². The lowest BCUT2D eigenvalue weighted by atomic mass is 10.1. The smallest absolute Gasteiger partial charge is 0.0950 e. The van der Waals surface area contributed by atoms with Gasteiger partial charge in [-0.2, -0.15) is 0 Å². The van der Waals surface area contributed by atoms with Gasteiger partial charge in [0.2, 0.25) is 0 Å². The van der Waals surface area contributed by atoms with Crippen LogP contribution in [0.2, 0.25) is 0 Å². The third-order valence-corrected chi connectivity index (χ3v) is 2.22. The van der Waals surface area contributed by atoms with Crippen molar-refractivity contribution in [1.29, 1.82) is 0 Å². The monoisotopic (exact) mass is 176 g/mol. The van der Waals surface area contributed by atoms with Gasteiger partial charge in [-0.15, -0.1) is 0 Å². The molecule has 2 aromatic rings. The largest absolute Gasteiger partial charge is 0.350 e. The van der Waals surface area contributed by atoms with Crippen molar-refractivity contribution in [3.63, 3.8) is 0 Å². The first kappa shape index (κ1) is 8.29. The molecular weight excluding hydrogens is 164 g/mol. The summed E-state index contributed by atoms with van der Waals surface area (Å²) in [5.41, 5.74) is 2.31. The summed E-state index contributed by atoms with van der Waals surface area (Å²) in [6.07, 6.45) is 2.03. The number of aryl methyl sites for hydroxylation is 1. The lowest BCUT2D eigenvalue weighted by molar-refractivity contribution is 0.125. The minimum atomic E-state index is 0.454. The number of rotatable bonds is 2. The first-order chi connectivity index (χ1) is 6.33. The van der Waals surface area contributed by atoms with E-state index in [4.69, 9.17) is 5.90 Å². The molecule has 0 aliphatic heterocycles. The molecule has 0 aliphatic carbocycles. The molecule has 3 heteroatoms. The standard InChI is InChI=1S/C10H12N2O/c1-12-6-5-8-3-2-4-9(7-13-11)10(8)12/h2-6H,7,11H2,1H3. The topological polar surface area (TPSA) is 40.2 Å². The predicted molar refractivity (Wildman–Crippen MR) is 51.9 cm³/mol. The molecule has 2 rings (SSSR count). The summed E-state index contributed by atoms with van der Waals surface area (Å²) in [6, 6.07) is 8.19. The third-order valence-electron chi connectivity index (χ3n) is 2.22. The summed E-state index contributed by atoms with van der Waals surface area (Å²) in [5.74, 6) is 5.06. The van der Waals surface area contributed by atoms with Crippen molar-refractivity contribution in [3.05, 3.63) is 36.0 Å². The van der Waals surface area contributed by atoms with Crippen molar-refractivity contribution >= 4 is 10.9 Å². The van der Waals surface area contributed by atoms with Crippen LogP contribution in [-0.4, -0.2) is 4.57 Å². The molecule has 0 fully saturated rings. The van der Waals surface area contributed by atoms with Crippen molar-refractivity contribution in [1.82, 2.24) is 4.57 Å². The first-order valence-electron chi connectivity index (χ1n) is 4.17. The van der Waals surface area contributed by atoms with Gasteiger partial charge in [0.25, 0.3) is 0 Å². The molecule has 0 bridgehead atoms. The Labute approximate surface area is 76.7 Å². The number of aromatic nitrogens is 1. The molecule has 3 nitrogen and oxygen atoms in total. The van der Waals surface area contributed by atoms with E-state index in [0.29, 0.717) is 6.61 Å². The molecule has 1 heterocycles. The number of hydrogen-bond acceptors (Lipinski definition) is 2.